The predicted octanol–water partition coefficient (Wildman–Crippen LogP) is 3.29. The van der Waals surface area contributed by atoms with Crippen LogP contribution in [0.1, 0.15) is 10.4 Å². The number of amides is 1. The van der Waals surface area contributed by atoms with Crippen molar-refractivity contribution in [3.63, 3.8) is 0 Å². The van der Waals surface area contributed by atoms with Crippen molar-refractivity contribution in [2.45, 2.75) is 0 Å². The summed E-state index contributed by atoms with van der Waals surface area (Å²) < 4.78 is 6.34. The van der Waals surface area contributed by atoms with E-state index in [0.29, 0.717) is 37.7 Å². The molecule has 0 unspecified atom stereocenters. The van der Waals surface area contributed by atoms with E-state index in [1.165, 1.54) is 6.07 Å². The molecule has 0 bridgehead atoms. The van der Waals surface area contributed by atoms with Gasteiger partial charge in [-0.05, 0) is 59.0 Å². The van der Waals surface area contributed by atoms with Crippen LogP contribution in [0.25, 0.3) is 0 Å². The van der Waals surface area contributed by atoms with Crippen LogP contribution in [0.15, 0.2) is 42.5 Å². The van der Waals surface area contributed by atoms with Crippen LogP contribution in [0, 0.1) is 13.7 Å². The van der Waals surface area contributed by atoms with Crippen molar-refractivity contribution in [3.05, 3.63) is 61.7 Å². The lowest BCUT2D eigenvalue weighted by molar-refractivity contribution is -0.384. The Labute approximate surface area is 158 Å². The zero-order valence-corrected chi connectivity index (χ0v) is 15.4. The highest BCUT2D eigenvalue weighted by Gasteiger charge is 2.23. The fraction of sp³-hybridized carbons (Fsp3) is 0.235. The molecule has 1 amide bonds. The largest absolute Gasteiger partial charge is 0.378 e. The van der Waals surface area contributed by atoms with Crippen molar-refractivity contribution in [2.24, 2.45) is 0 Å². The second kappa shape index (κ2) is 7.79. The highest BCUT2D eigenvalue weighted by molar-refractivity contribution is 14.1. The van der Waals surface area contributed by atoms with Gasteiger partial charge in [-0.3, -0.25) is 14.9 Å². The number of morpholine rings is 1. The smallest absolute Gasteiger partial charge is 0.293 e. The van der Waals surface area contributed by atoms with Gasteiger partial charge in [0.25, 0.3) is 11.6 Å². The number of ether oxygens (including phenoxy) is 1. The summed E-state index contributed by atoms with van der Waals surface area (Å²) in [7, 11) is 0. The number of nitro benzene ring substituents is 1. The number of halogens is 1. The number of benzene rings is 2. The molecule has 3 rings (SSSR count). The van der Waals surface area contributed by atoms with E-state index in [1.54, 1.807) is 24.3 Å². The van der Waals surface area contributed by atoms with Gasteiger partial charge in [-0.2, -0.15) is 0 Å². The SMILES string of the molecule is O=C(Nc1ccc(I)cc1)c1ccc(N2CCOCC2)c([N+](=O)[O-])c1. The highest BCUT2D eigenvalue weighted by atomic mass is 127. The zero-order chi connectivity index (χ0) is 17.8. The summed E-state index contributed by atoms with van der Waals surface area (Å²) in [5.74, 6) is -0.377. The molecule has 0 aliphatic carbocycles. The lowest BCUT2D eigenvalue weighted by Crippen LogP contribution is -2.36. The van der Waals surface area contributed by atoms with E-state index >= 15 is 0 Å². The van der Waals surface area contributed by atoms with Crippen LogP contribution in [-0.4, -0.2) is 37.1 Å². The molecule has 1 N–H and O–H groups in total. The van der Waals surface area contributed by atoms with Crippen molar-refractivity contribution in [1.29, 1.82) is 0 Å². The quantitative estimate of drug-likeness (QED) is 0.437. The molecule has 2 aromatic rings. The molecule has 0 spiro atoms. The van der Waals surface area contributed by atoms with E-state index < -0.39 is 4.92 Å². The Balaban J connectivity index is 1.84. The first-order valence-electron chi connectivity index (χ1n) is 7.72. The van der Waals surface area contributed by atoms with Crippen LogP contribution in [-0.2, 0) is 4.74 Å². The number of nitrogens with zero attached hydrogens (tertiary/aromatic N) is 2. The summed E-state index contributed by atoms with van der Waals surface area (Å²) in [5.41, 5.74) is 1.34. The third kappa shape index (κ3) is 4.26. The maximum Gasteiger partial charge on any atom is 0.293 e. The zero-order valence-electron chi connectivity index (χ0n) is 13.3. The molecule has 2 aromatic carbocycles. The van der Waals surface area contributed by atoms with Crippen LogP contribution in [0.4, 0.5) is 17.1 Å². The van der Waals surface area contributed by atoms with Crippen LogP contribution in [0.2, 0.25) is 0 Å². The molecule has 0 atom stereocenters. The molecule has 0 aromatic heterocycles. The topological polar surface area (TPSA) is 84.7 Å². The minimum absolute atomic E-state index is 0.0721. The van der Waals surface area contributed by atoms with Gasteiger partial charge in [-0.15, -0.1) is 0 Å². The molecule has 8 heteroatoms. The summed E-state index contributed by atoms with van der Waals surface area (Å²) in [6.45, 7) is 2.25. The Bertz CT molecular complexity index is 789. The van der Waals surface area contributed by atoms with Crippen molar-refractivity contribution in [1.82, 2.24) is 0 Å². The average Bonchev–Trinajstić information content (AvgIpc) is 2.63. The van der Waals surface area contributed by atoms with Crippen LogP contribution in [0.5, 0.6) is 0 Å². The number of hydrogen-bond acceptors (Lipinski definition) is 5. The second-order valence-corrected chi connectivity index (χ2v) is 6.77. The molecule has 1 aliphatic rings. The van der Waals surface area contributed by atoms with E-state index in [-0.39, 0.29) is 17.2 Å². The third-order valence-electron chi connectivity index (χ3n) is 3.89. The van der Waals surface area contributed by atoms with E-state index in [1.807, 2.05) is 17.0 Å². The summed E-state index contributed by atoms with van der Waals surface area (Å²) in [5, 5.41) is 14.2. The van der Waals surface area contributed by atoms with Gasteiger partial charge in [-0.1, -0.05) is 0 Å². The molecular formula is C17H16IN3O4. The van der Waals surface area contributed by atoms with E-state index in [0.717, 1.165) is 3.57 Å². The number of nitrogens with one attached hydrogen (secondary N) is 1. The lowest BCUT2D eigenvalue weighted by atomic mass is 10.1. The van der Waals surface area contributed by atoms with Crippen LogP contribution in [0.3, 0.4) is 0 Å². The molecule has 0 radical (unpaired) electrons. The fourth-order valence-electron chi connectivity index (χ4n) is 2.62. The number of hydrogen-bond donors (Lipinski definition) is 1. The van der Waals surface area contributed by atoms with Crippen molar-refractivity contribution in [2.75, 3.05) is 36.5 Å². The maximum absolute atomic E-state index is 12.4. The van der Waals surface area contributed by atoms with E-state index in [9.17, 15) is 14.9 Å². The molecule has 7 nitrogen and oxygen atoms in total. The molecule has 1 aliphatic heterocycles. The Morgan fingerprint density at radius 2 is 1.84 bits per heavy atom. The minimum Gasteiger partial charge on any atom is -0.378 e. The van der Waals surface area contributed by atoms with Gasteiger partial charge in [-0.25, -0.2) is 0 Å². The first-order chi connectivity index (χ1) is 12.0. The molecule has 0 saturated carbocycles. The van der Waals surface area contributed by atoms with Crippen molar-refractivity contribution in [3.8, 4) is 0 Å². The van der Waals surface area contributed by atoms with Crippen molar-refractivity contribution < 1.29 is 14.5 Å². The van der Waals surface area contributed by atoms with Crippen molar-refractivity contribution >= 4 is 45.6 Å². The highest BCUT2D eigenvalue weighted by Crippen LogP contribution is 2.30. The van der Waals surface area contributed by atoms with Gasteiger partial charge in [0, 0.05) is 34.0 Å². The van der Waals surface area contributed by atoms with Gasteiger partial charge in [0.15, 0.2) is 0 Å². The molecule has 25 heavy (non-hydrogen) atoms. The van der Waals surface area contributed by atoms with Crippen LogP contribution >= 0.6 is 22.6 Å². The van der Waals surface area contributed by atoms with Gasteiger partial charge < -0.3 is 15.0 Å². The average molecular weight is 453 g/mol. The number of rotatable bonds is 4. The van der Waals surface area contributed by atoms with Gasteiger partial charge in [0.1, 0.15) is 5.69 Å². The number of anilines is 2. The van der Waals surface area contributed by atoms with Gasteiger partial charge >= 0.3 is 0 Å². The Kier molecular flexibility index (Phi) is 5.49. The second-order valence-electron chi connectivity index (χ2n) is 5.52. The predicted molar refractivity (Wildman–Crippen MR) is 103 cm³/mol. The van der Waals surface area contributed by atoms with Gasteiger partial charge in [0.2, 0.25) is 0 Å². The number of carbonyl (C=O) groups excluding carboxylic acids is 1. The maximum atomic E-state index is 12.4. The summed E-state index contributed by atoms with van der Waals surface area (Å²) in [6.07, 6.45) is 0. The first kappa shape index (κ1) is 17.6. The Morgan fingerprint density at radius 3 is 2.48 bits per heavy atom. The van der Waals surface area contributed by atoms with E-state index in [2.05, 4.69) is 27.9 Å². The molecule has 1 fully saturated rings. The van der Waals surface area contributed by atoms with Crippen LogP contribution < -0.4 is 10.2 Å². The normalized spacial score (nSPS) is 14.2. The van der Waals surface area contributed by atoms with Gasteiger partial charge in [0.05, 0.1) is 18.1 Å². The molecule has 130 valence electrons. The summed E-state index contributed by atoms with van der Waals surface area (Å²) in [6, 6.07) is 11.9. The molecular weight excluding hydrogens is 437 g/mol. The fourth-order valence-corrected chi connectivity index (χ4v) is 2.98. The standard InChI is InChI=1S/C17H16IN3O4/c18-13-2-4-14(5-3-13)19-17(22)12-1-6-15(16(11-12)21(23)24)20-7-9-25-10-8-20/h1-6,11H,7-10H2,(H,19,22). The summed E-state index contributed by atoms with van der Waals surface area (Å²) >= 11 is 2.18. The molecule has 1 saturated heterocycles. The molecule has 1 heterocycles. The third-order valence-corrected chi connectivity index (χ3v) is 4.61. The monoisotopic (exact) mass is 453 g/mol. The number of nitro groups is 1. The van der Waals surface area contributed by atoms with E-state index in [4.69, 9.17) is 4.74 Å². The summed E-state index contributed by atoms with van der Waals surface area (Å²) in [4.78, 5) is 25.3. The number of carbonyl (C=O) groups is 1. The first-order valence-corrected chi connectivity index (χ1v) is 8.80. The minimum atomic E-state index is -0.452. The Hall–Kier alpha value is -2.20. The lowest BCUT2D eigenvalue weighted by Gasteiger charge is -2.28. The Morgan fingerprint density at radius 1 is 1.16 bits per heavy atom.